The molecule has 1 atom stereocenters. The summed E-state index contributed by atoms with van der Waals surface area (Å²) in [6, 6.07) is 75.1. The van der Waals surface area contributed by atoms with Gasteiger partial charge in [-0.25, -0.2) is 0 Å². The SMILES string of the molecule is O=C(c1ccc(-c2cccc3c2oc2ccccc23)cc1)c1ccc2c(c1)C1(c3ccccc3-2)c2ccccc2-c2ccc(C(=O)c3ccc(-c4cccc5c4c4c(c6ccccc65)[CH]4)cc3)cc21. The van der Waals surface area contributed by atoms with Crippen LogP contribution in [0, 0.1) is 6.42 Å². The minimum atomic E-state index is -0.748. The number of hydrogen-bond acceptors (Lipinski definition) is 3. The van der Waals surface area contributed by atoms with Gasteiger partial charge in [0.2, 0.25) is 0 Å². The average molecular weight is 878 g/mol. The van der Waals surface area contributed by atoms with Crippen molar-refractivity contribution < 1.29 is 14.0 Å². The average Bonchev–Trinajstić information content (AvgIpc) is 3.95. The maximum absolute atomic E-state index is 14.7. The maximum atomic E-state index is 14.7. The van der Waals surface area contributed by atoms with Gasteiger partial charge < -0.3 is 4.42 Å². The number of furan rings is 1. The van der Waals surface area contributed by atoms with E-state index in [1.54, 1.807) is 0 Å². The zero-order valence-corrected chi connectivity index (χ0v) is 37.1. The molecule has 12 aromatic rings. The summed E-state index contributed by atoms with van der Waals surface area (Å²) in [5.41, 5.74) is 19.1. The van der Waals surface area contributed by atoms with Crippen molar-refractivity contribution in [2.45, 2.75) is 5.41 Å². The van der Waals surface area contributed by atoms with Crippen LogP contribution < -0.4 is 0 Å². The molecule has 1 radical (unpaired) electrons. The van der Waals surface area contributed by atoms with Crippen LogP contribution in [0.4, 0.5) is 0 Å². The molecule has 3 aliphatic carbocycles. The molecule has 1 unspecified atom stereocenters. The molecule has 3 nitrogen and oxygen atoms in total. The summed E-state index contributed by atoms with van der Waals surface area (Å²) in [7, 11) is 0. The molecule has 0 bridgehead atoms. The molecule has 0 fully saturated rings. The summed E-state index contributed by atoms with van der Waals surface area (Å²) in [5, 5.41) is 7.23. The van der Waals surface area contributed by atoms with Crippen molar-refractivity contribution in [1.29, 1.82) is 0 Å². The summed E-state index contributed by atoms with van der Waals surface area (Å²) >= 11 is 0. The Morgan fingerprint density at radius 3 is 1.43 bits per heavy atom. The smallest absolute Gasteiger partial charge is 0.193 e. The van der Waals surface area contributed by atoms with E-state index in [0.29, 0.717) is 22.3 Å². The predicted octanol–water partition coefficient (Wildman–Crippen LogP) is 15.9. The first-order valence-electron chi connectivity index (χ1n) is 23.6. The molecule has 0 saturated carbocycles. The van der Waals surface area contributed by atoms with E-state index >= 15 is 0 Å². The molecule has 15 rings (SSSR count). The topological polar surface area (TPSA) is 47.3 Å². The van der Waals surface area contributed by atoms with Gasteiger partial charge in [0, 0.05) is 45.0 Å². The maximum Gasteiger partial charge on any atom is 0.193 e. The van der Waals surface area contributed by atoms with Gasteiger partial charge in [0.1, 0.15) is 11.2 Å². The van der Waals surface area contributed by atoms with Crippen LogP contribution in [0.1, 0.15) is 65.2 Å². The second-order valence-electron chi connectivity index (χ2n) is 18.7. The highest BCUT2D eigenvalue weighted by Gasteiger charge is 2.52. The number of hydrogen-bond donors (Lipinski definition) is 0. The second kappa shape index (κ2) is 14.1. The third-order valence-corrected chi connectivity index (χ3v) is 15.3. The van der Waals surface area contributed by atoms with Gasteiger partial charge in [0.05, 0.1) is 5.41 Å². The van der Waals surface area contributed by atoms with Crippen LogP contribution in [0.5, 0.6) is 0 Å². The molecule has 1 spiro atoms. The van der Waals surface area contributed by atoms with E-state index in [1.807, 2.05) is 66.7 Å². The van der Waals surface area contributed by atoms with E-state index < -0.39 is 5.41 Å². The molecular weight excluding hydrogens is 841 g/mol. The standard InChI is InChI=1S/C66H37O3/c67-63(40-27-23-38(24-28-40)44-16-9-18-53-46-11-1-2-12-47(46)55-37-56(55)62(44)53)42-31-33-50-48-13-3-6-20-57(48)66(59(50)35-42)58-21-7-4-14-49(58)51-34-32-43(36-60(51)66)64(68)41-29-25-39(26-30-41)45-17-10-19-54-52-15-5-8-22-61(52)69-65(45)54/h1-37H. The quantitative estimate of drug-likeness (QED) is 0.123. The third-order valence-electron chi connectivity index (χ3n) is 15.3. The Kier molecular flexibility index (Phi) is 7.78. The fraction of sp³-hybridized carbons (Fsp3) is 0.0152. The largest absolute Gasteiger partial charge is 0.455 e. The summed E-state index contributed by atoms with van der Waals surface area (Å²) in [5.74, 6) is -0.0834. The van der Waals surface area contributed by atoms with Gasteiger partial charge in [-0.05, 0) is 112 Å². The van der Waals surface area contributed by atoms with Crippen LogP contribution in [0.3, 0.4) is 0 Å². The lowest BCUT2D eigenvalue weighted by Crippen LogP contribution is -2.26. The highest BCUT2D eigenvalue weighted by molar-refractivity contribution is 6.20. The molecule has 0 N–H and O–H groups in total. The second-order valence-corrected chi connectivity index (χ2v) is 18.7. The Morgan fingerprint density at radius 2 is 0.797 bits per heavy atom. The Labute approximate surface area is 397 Å². The van der Waals surface area contributed by atoms with Crippen LogP contribution >= 0.6 is 0 Å². The molecule has 11 aromatic carbocycles. The van der Waals surface area contributed by atoms with Crippen LogP contribution in [-0.4, -0.2) is 11.6 Å². The van der Waals surface area contributed by atoms with E-state index in [1.165, 1.54) is 38.2 Å². The molecule has 1 heterocycles. The van der Waals surface area contributed by atoms with Gasteiger partial charge in [0.25, 0.3) is 0 Å². The van der Waals surface area contributed by atoms with E-state index in [2.05, 4.69) is 158 Å². The van der Waals surface area contributed by atoms with E-state index in [4.69, 9.17) is 4.42 Å². The molecule has 3 heteroatoms. The number of rotatable bonds is 6. The van der Waals surface area contributed by atoms with Crippen molar-refractivity contribution in [3.8, 4) is 44.5 Å². The number of para-hydroxylation sites is 2. The zero-order valence-electron chi connectivity index (χ0n) is 37.1. The predicted molar refractivity (Wildman–Crippen MR) is 278 cm³/mol. The Balaban J connectivity index is 0.813. The van der Waals surface area contributed by atoms with Crippen molar-refractivity contribution in [3.05, 3.63) is 280 Å². The van der Waals surface area contributed by atoms with Gasteiger partial charge in [-0.2, -0.15) is 0 Å². The highest BCUT2D eigenvalue weighted by Crippen LogP contribution is 2.63. The van der Waals surface area contributed by atoms with Gasteiger partial charge in [-0.1, -0.05) is 200 Å². The highest BCUT2D eigenvalue weighted by atomic mass is 16.3. The van der Waals surface area contributed by atoms with Crippen LogP contribution in [0.15, 0.2) is 223 Å². The molecule has 0 aliphatic heterocycles. The number of fused-ring (bicyclic) bond motifs is 19. The molecular formula is C66H37O3. The van der Waals surface area contributed by atoms with Crippen molar-refractivity contribution >= 4 is 55.0 Å². The first kappa shape index (κ1) is 38.2. The normalized spacial score (nSPS) is 14.8. The lowest BCUT2D eigenvalue weighted by Gasteiger charge is -2.31. The fourth-order valence-corrected chi connectivity index (χ4v) is 12.1. The first-order chi connectivity index (χ1) is 34.0. The van der Waals surface area contributed by atoms with Crippen LogP contribution in [0.2, 0.25) is 0 Å². The van der Waals surface area contributed by atoms with Gasteiger partial charge >= 0.3 is 0 Å². The molecule has 0 amide bonds. The number of benzene rings is 11. The van der Waals surface area contributed by atoms with E-state index in [0.717, 1.165) is 83.1 Å². The summed E-state index contributed by atoms with van der Waals surface area (Å²) in [6.07, 6.45) is 2.29. The molecule has 0 saturated heterocycles. The van der Waals surface area contributed by atoms with Crippen molar-refractivity contribution in [3.63, 3.8) is 0 Å². The lowest BCUT2D eigenvalue weighted by atomic mass is 9.70. The zero-order chi connectivity index (χ0) is 45.5. The first-order valence-corrected chi connectivity index (χ1v) is 23.6. The molecule has 1 aromatic heterocycles. The summed E-state index contributed by atoms with van der Waals surface area (Å²) in [4.78, 5) is 29.4. The van der Waals surface area contributed by atoms with Crippen molar-refractivity contribution in [2.24, 2.45) is 0 Å². The number of carbonyl (C=O) groups is 2. The number of carbonyl (C=O) groups excluding carboxylic acids is 2. The third kappa shape index (κ3) is 5.27. The Hall–Kier alpha value is -8.92. The lowest BCUT2D eigenvalue weighted by molar-refractivity contribution is 0.103. The van der Waals surface area contributed by atoms with Crippen molar-refractivity contribution in [1.82, 2.24) is 0 Å². The monoisotopic (exact) mass is 877 g/mol. The summed E-state index contributed by atoms with van der Waals surface area (Å²) < 4.78 is 6.35. The van der Waals surface area contributed by atoms with Crippen molar-refractivity contribution in [2.75, 3.05) is 0 Å². The van der Waals surface area contributed by atoms with Gasteiger partial charge in [0.15, 0.2) is 11.6 Å². The van der Waals surface area contributed by atoms with Crippen LogP contribution in [0.25, 0.3) is 88.0 Å². The number of ketones is 2. The minimum absolute atomic E-state index is 0.0320. The Morgan fingerprint density at radius 1 is 0.333 bits per heavy atom. The summed E-state index contributed by atoms with van der Waals surface area (Å²) in [6.45, 7) is 0. The fourth-order valence-electron chi connectivity index (χ4n) is 12.1. The Bertz CT molecular complexity index is 4230. The van der Waals surface area contributed by atoms with E-state index in [-0.39, 0.29) is 11.6 Å². The minimum Gasteiger partial charge on any atom is -0.455 e. The van der Waals surface area contributed by atoms with Gasteiger partial charge in [-0.3, -0.25) is 9.59 Å². The van der Waals surface area contributed by atoms with E-state index in [9.17, 15) is 9.59 Å². The molecule has 319 valence electrons. The van der Waals surface area contributed by atoms with Crippen LogP contribution in [-0.2, 0) is 5.41 Å². The van der Waals surface area contributed by atoms with Gasteiger partial charge in [-0.15, -0.1) is 0 Å². The molecule has 69 heavy (non-hydrogen) atoms. The molecule has 3 aliphatic rings.